The summed E-state index contributed by atoms with van der Waals surface area (Å²) < 4.78 is 25.8. The number of aryl methyl sites for hydroxylation is 1. The Morgan fingerprint density at radius 1 is 1.21 bits per heavy atom. The Bertz CT molecular complexity index is 1000. The Hall–Kier alpha value is -3.41. The summed E-state index contributed by atoms with van der Waals surface area (Å²) in [6.07, 6.45) is 2.71. The van der Waals surface area contributed by atoms with Gasteiger partial charge in [-0.05, 0) is 48.7 Å². The molecule has 1 N–H and O–H groups in total. The van der Waals surface area contributed by atoms with E-state index in [1.54, 1.807) is 30.3 Å². The molecule has 1 aliphatic rings. The number of hydrogen-bond donors (Lipinski definition) is 1. The SMILES string of the molecule is CC(=O)Nc1ccc(Oc2ccc3c(c2)CCC(c2ccccc2F)O3)nc1. The zero-order valence-electron chi connectivity index (χ0n) is 15.3. The molecule has 2 aromatic carbocycles. The van der Waals surface area contributed by atoms with Crippen molar-refractivity contribution < 1.29 is 18.7 Å². The van der Waals surface area contributed by atoms with Crippen LogP contribution in [0.15, 0.2) is 60.8 Å². The zero-order valence-corrected chi connectivity index (χ0v) is 15.3. The second-order valence-electron chi connectivity index (χ2n) is 6.60. The van der Waals surface area contributed by atoms with Crippen LogP contribution in [0.2, 0.25) is 0 Å². The van der Waals surface area contributed by atoms with Crippen molar-refractivity contribution in [2.75, 3.05) is 5.32 Å². The summed E-state index contributed by atoms with van der Waals surface area (Å²) in [6.45, 7) is 1.44. The number of nitrogens with one attached hydrogen (secondary N) is 1. The predicted octanol–water partition coefficient (Wildman–Crippen LogP) is 5.04. The number of carbonyl (C=O) groups is 1. The van der Waals surface area contributed by atoms with Crippen LogP contribution < -0.4 is 14.8 Å². The summed E-state index contributed by atoms with van der Waals surface area (Å²) in [5.41, 5.74) is 2.20. The van der Waals surface area contributed by atoms with Crippen molar-refractivity contribution in [1.82, 2.24) is 4.98 Å². The van der Waals surface area contributed by atoms with Gasteiger partial charge in [-0.2, -0.15) is 0 Å². The van der Waals surface area contributed by atoms with Gasteiger partial charge in [0, 0.05) is 18.6 Å². The topological polar surface area (TPSA) is 60.5 Å². The first-order chi connectivity index (χ1) is 13.6. The fourth-order valence-electron chi connectivity index (χ4n) is 3.22. The minimum atomic E-state index is -0.288. The standard InChI is InChI=1S/C22H19FN2O3/c1-14(26)25-16-7-11-22(24-13-16)27-17-8-10-20-15(12-17)6-9-21(28-20)18-4-2-3-5-19(18)23/h2-5,7-8,10-13,21H,6,9H2,1H3,(H,25,26). The van der Waals surface area contributed by atoms with Crippen molar-refractivity contribution in [3.63, 3.8) is 0 Å². The highest BCUT2D eigenvalue weighted by Gasteiger charge is 2.24. The first-order valence-corrected chi connectivity index (χ1v) is 9.04. The maximum absolute atomic E-state index is 14.0. The normalized spacial score (nSPS) is 15.3. The summed E-state index contributed by atoms with van der Waals surface area (Å²) in [7, 11) is 0. The molecule has 0 radical (unpaired) electrons. The third-order valence-electron chi connectivity index (χ3n) is 4.51. The van der Waals surface area contributed by atoms with Crippen LogP contribution in [0.1, 0.15) is 30.6 Å². The number of amides is 1. The van der Waals surface area contributed by atoms with Crippen LogP contribution in [-0.4, -0.2) is 10.9 Å². The molecule has 0 fully saturated rings. The summed E-state index contributed by atoms with van der Waals surface area (Å²) in [5.74, 6) is 1.41. The third kappa shape index (κ3) is 3.96. The molecule has 1 aliphatic heterocycles. The van der Waals surface area contributed by atoms with E-state index in [2.05, 4.69) is 10.3 Å². The van der Waals surface area contributed by atoms with Gasteiger partial charge in [-0.1, -0.05) is 18.2 Å². The Kier molecular flexibility index (Phi) is 4.93. The molecule has 6 heteroatoms. The lowest BCUT2D eigenvalue weighted by molar-refractivity contribution is -0.114. The van der Waals surface area contributed by atoms with Crippen molar-refractivity contribution in [1.29, 1.82) is 0 Å². The quantitative estimate of drug-likeness (QED) is 0.691. The molecular formula is C22H19FN2O3. The van der Waals surface area contributed by atoms with Crippen LogP contribution >= 0.6 is 0 Å². The van der Waals surface area contributed by atoms with Gasteiger partial charge in [0.15, 0.2) is 0 Å². The lowest BCUT2D eigenvalue weighted by atomic mass is 9.97. The van der Waals surface area contributed by atoms with E-state index in [0.717, 1.165) is 17.7 Å². The van der Waals surface area contributed by atoms with Crippen LogP contribution in [0, 0.1) is 5.82 Å². The molecule has 4 rings (SSSR count). The Labute approximate surface area is 162 Å². The fourth-order valence-corrected chi connectivity index (χ4v) is 3.22. The van der Waals surface area contributed by atoms with Crippen LogP contribution in [-0.2, 0) is 11.2 Å². The molecule has 2 heterocycles. The van der Waals surface area contributed by atoms with E-state index in [1.807, 2.05) is 18.2 Å². The number of pyridine rings is 1. The van der Waals surface area contributed by atoms with Gasteiger partial charge >= 0.3 is 0 Å². The maximum Gasteiger partial charge on any atom is 0.221 e. The molecule has 0 bridgehead atoms. The fraction of sp³-hybridized carbons (Fsp3) is 0.182. The first kappa shape index (κ1) is 18.0. The summed E-state index contributed by atoms with van der Waals surface area (Å²) in [6, 6.07) is 15.7. The van der Waals surface area contributed by atoms with E-state index in [9.17, 15) is 9.18 Å². The second kappa shape index (κ2) is 7.68. The third-order valence-corrected chi connectivity index (χ3v) is 4.51. The number of carbonyl (C=O) groups excluding carboxylic acids is 1. The first-order valence-electron chi connectivity index (χ1n) is 9.04. The number of nitrogens with zero attached hydrogens (tertiary/aromatic N) is 1. The van der Waals surface area contributed by atoms with Gasteiger partial charge in [-0.3, -0.25) is 4.79 Å². The molecule has 1 unspecified atom stereocenters. The predicted molar refractivity (Wildman–Crippen MR) is 103 cm³/mol. The molecule has 1 amide bonds. The van der Waals surface area contributed by atoms with Crippen LogP contribution in [0.4, 0.5) is 10.1 Å². The van der Waals surface area contributed by atoms with E-state index in [-0.39, 0.29) is 17.8 Å². The summed E-state index contributed by atoms with van der Waals surface area (Å²) >= 11 is 0. The van der Waals surface area contributed by atoms with E-state index in [4.69, 9.17) is 9.47 Å². The summed E-state index contributed by atoms with van der Waals surface area (Å²) in [5, 5.41) is 2.66. The number of rotatable bonds is 4. The lowest BCUT2D eigenvalue weighted by Gasteiger charge is -2.27. The molecule has 142 valence electrons. The number of halogens is 1. The van der Waals surface area contributed by atoms with E-state index in [0.29, 0.717) is 29.3 Å². The molecule has 1 atom stereocenters. The van der Waals surface area contributed by atoms with E-state index < -0.39 is 0 Å². The number of hydrogen-bond acceptors (Lipinski definition) is 4. The number of aromatic nitrogens is 1. The van der Waals surface area contributed by atoms with Crippen LogP contribution in [0.25, 0.3) is 0 Å². The number of ether oxygens (including phenoxy) is 2. The molecule has 0 aliphatic carbocycles. The smallest absolute Gasteiger partial charge is 0.221 e. The van der Waals surface area contributed by atoms with Gasteiger partial charge in [0.2, 0.25) is 11.8 Å². The average Bonchev–Trinajstić information content (AvgIpc) is 2.69. The van der Waals surface area contributed by atoms with Gasteiger partial charge < -0.3 is 14.8 Å². The number of anilines is 1. The molecule has 0 saturated heterocycles. The van der Waals surface area contributed by atoms with Crippen molar-refractivity contribution >= 4 is 11.6 Å². The Morgan fingerprint density at radius 2 is 2.07 bits per heavy atom. The highest BCUT2D eigenvalue weighted by molar-refractivity contribution is 5.88. The number of fused-ring (bicyclic) bond motifs is 1. The van der Waals surface area contributed by atoms with Gasteiger partial charge in [-0.25, -0.2) is 9.37 Å². The summed E-state index contributed by atoms with van der Waals surface area (Å²) in [4.78, 5) is 15.2. The largest absolute Gasteiger partial charge is 0.485 e. The second-order valence-corrected chi connectivity index (χ2v) is 6.60. The van der Waals surface area contributed by atoms with Gasteiger partial charge in [0.1, 0.15) is 23.4 Å². The van der Waals surface area contributed by atoms with Crippen molar-refractivity contribution in [2.45, 2.75) is 25.9 Å². The van der Waals surface area contributed by atoms with Gasteiger partial charge in [0.25, 0.3) is 0 Å². The molecule has 5 nitrogen and oxygen atoms in total. The number of benzene rings is 2. The molecular weight excluding hydrogens is 359 g/mol. The zero-order chi connectivity index (χ0) is 19.5. The maximum atomic E-state index is 14.0. The van der Waals surface area contributed by atoms with Gasteiger partial charge in [0.05, 0.1) is 11.9 Å². The monoisotopic (exact) mass is 378 g/mol. The molecule has 0 saturated carbocycles. The van der Waals surface area contributed by atoms with Crippen molar-refractivity contribution in [3.8, 4) is 17.4 Å². The van der Waals surface area contributed by atoms with E-state index in [1.165, 1.54) is 19.2 Å². The molecule has 28 heavy (non-hydrogen) atoms. The molecule has 1 aromatic heterocycles. The Balaban J connectivity index is 1.47. The van der Waals surface area contributed by atoms with Gasteiger partial charge in [-0.15, -0.1) is 0 Å². The van der Waals surface area contributed by atoms with Crippen LogP contribution in [0.5, 0.6) is 17.4 Å². The highest BCUT2D eigenvalue weighted by atomic mass is 19.1. The Morgan fingerprint density at radius 3 is 2.82 bits per heavy atom. The average molecular weight is 378 g/mol. The highest BCUT2D eigenvalue weighted by Crippen LogP contribution is 2.38. The molecule has 0 spiro atoms. The van der Waals surface area contributed by atoms with Crippen molar-refractivity contribution in [3.05, 3.63) is 77.7 Å². The lowest BCUT2D eigenvalue weighted by Crippen LogP contribution is -2.16. The minimum absolute atomic E-state index is 0.154. The van der Waals surface area contributed by atoms with Crippen LogP contribution in [0.3, 0.4) is 0 Å². The molecule has 3 aromatic rings. The minimum Gasteiger partial charge on any atom is -0.485 e. The van der Waals surface area contributed by atoms with E-state index >= 15 is 0 Å². The van der Waals surface area contributed by atoms with Crippen molar-refractivity contribution in [2.24, 2.45) is 0 Å².